The quantitative estimate of drug-likeness (QED) is 0.483. The third kappa shape index (κ3) is 5.99. The van der Waals surface area contributed by atoms with Crippen molar-refractivity contribution >= 4 is 40.5 Å². The fourth-order valence-electron chi connectivity index (χ4n) is 3.10. The van der Waals surface area contributed by atoms with Crippen molar-refractivity contribution in [2.75, 3.05) is 20.3 Å². The van der Waals surface area contributed by atoms with Crippen molar-refractivity contribution in [2.24, 2.45) is 4.99 Å². The maximum absolute atomic E-state index is 12.6. The molecule has 8 nitrogen and oxygen atoms in total. The Balaban J connectivity index is 1.97. The van der Waals surface area contributed by atoms with Gasteiger partial charge in [0.2, 0.25) is 0 Å². The third-order valence-corrected chi connectivity index (χ3v) is 5.80. The highest BCUT2D eigenvalue weighted by molar-refractivity contribution is 8.18. The first-order chi connectivity index (χ1) is 16.4. The Morgan fingerprint density at radius 3 is 2.44 bits per heavy atom. The van der Waals surface area contributed by atoms with Crippen molar-refractivity contribution in [1.82, 2.24) is 0 Å². The fraction of sp³-hybridized carbons (Fsp3) is 0.240. The molecule has 2 N–H and O–H groups in total. The number of carbonyl (C=O) groups excluding carboxylic acids is 1. The van der Waals surface area contributed by atoms with E-state index >= 15 is 0 Å². The third-order valence-electron chi connectivity index (χ3n) is 4.78. The van der Waals surface area contributed by atoms with Crippen molar-refractivity contribution in [2.45, 2.75) is 20.3 Å². The number of hydrogen-bond donors (Lipinski definition) is 2. The van der Waals surface area contributed by atoms with Gasteiger partial charge in [-0.25, -0.2) is 14.6 Å². The SMILES string of the molecule is CCOC(=O)C1=C(O)/C(=C\c2ccc(OCC(=O)O)c(OC)c2)SC1=Nc1ccc(CC)cc1. The molecule has 0 atom stereocenters. The average Bonchev–Trinajstić information content (AvgIpc) is 3.12. The average molecular weight is 484 g/mol. The Kier molecular flexibility index (Phi) is 8.37. The molecule has 34 heavy (non-hydrogen) atoms. The van der Waals surface area contributed by atoms with E-state index in [4.69, 9.17) is 19.3 Å². The molecule has 0 bridgehead atoms. The Bertz CT molecular complexity index is 1170. The first kappa shape index (κ1) is 24.9. The highest BCUT2D eigenvalue weighted by Crippen LogP contribution is 2.41. The van der Waals surface area contributed by atoms with Gasteiger partial charge < -0.3 is 24.4 Å². The summed E-state index contributed by atoms with van der Waals surface area (Å²) in [5.41, 5.74) is 2.46. The lowest BCUT2D eigenvalue weighted by Crippen LogP contribution is -2.12. The first-order valence-electron chi connectivity index (χ1n) is 10.6. The molecule has 0 spiro atoms. The minimum atomic E-state index is -1.10. The molecule has 1 aliphatic rings. The number of benzene rings is 2. The topological polar surface area (TPSA) is 115 Å². The second-order valence-corrected chi connectivity index (χ2v) is 8.12. The van der Waals surface area contributed by atoms with E-state index in [1.807, 2.05) is 24.3 Å². The largest absolute Gasteiger partial charge is 0.506 e. The van der Waals surface area contributed by atoms with Crippen molar-refractivity contribution in [3.63, 3.8) is 0 Å². The molecule has 0 saturated heterocycles. The zero-order valence-electron chi connectivity index (χ0n) is 19.0. The number of aliphatic hydroxyl groups excluding tert-OH is 1. The number of thioether (sulfide) groups is 1. The van der Waals surface area contributed by atoms with Gasteiger partial charge in [0.15, 0.2) is 18.1 Å². The highest BCUT2D eigenvalue weighted by atomic mass is 32.2. The fourth-order valence-corrected chi connectivity index (χ4v) is 4.13. The standard InChI is InChI=1S/C25H25NO7S/c1-4-15-6-9-17(10-7-15)26-24-22(25(30)32-5-2)23(29)20(34-24)13-16-8-11-18(19(12-16)31-3)33-14-21(27)28/h6-13,29H,4-5,14H2,1-3H3,(H,27,28)/b20-13+,26-24?. The predicted octanol–water partition coefficient (Wildman–Crippen LogP) is 4.91. The molecule has 2 aromatic carbocycles. The van der Waals surface area contributed by atoms with Crippen LogP contribution < -0.4 is 9.47 Å². The molecular weight excluding hydrogens is 458 g/mol. The van der Waals surface area contributed by atoms with Crippen LogP contribution in [0.1, 0.15) is 25.0 Å². The van der Waals surface area contributed by atoms with E-state index in [0.717, 1.165) is 23.7 Å². The number of methoxy groups -OCH3 is 1. The summed E-state index contributed by atoms with van der Waals surface area (Å²) >= 11 is 1.15. The van der Waals surface area contributed by atoms with Crippen LogP contribution in [0.25, 0.3) is 6.08 Å². The second kappa shape index (κ2) is 11.4. The van der Waals surface area contributed by atoms with E-state index in [-0.39, 0.29) is 23.7 Å². The lowest BCUT2D eigenvalue weighted by Gasteiger charge is -2.10. The summed E-state index contributed by atoms with van der Waals surface area (Å²) in [7, 11) is 1.44. The molecule has 9 heteroatoms. The summed E-state index contributed by atoms with van der Waals surface area (Å²) in [6, 6.07) is 12.5. The van der Waals surface area contributed by atoms with Gasteiger partial charge in [0, 0.05) is 0 Å². The summed E-state index contributed by atoms with van der Waals surface area (Å²) < 4.78 is 15.6. The molecule has 0 aromatic heterocycles. The van der Waals surface area contributed by atoms with Crippen molar-refractivity contribution in [1.29, 1.82) is 0 Å². The van der Waals surface area contributed by atoms with E-state index in [1.54, 1.807) is 31.2 Å². The molecule has 1 heterocycles. The number of aryl methyl sites for hydroxylation is 1. The van der Waals surface area contributed by atoms with Crippen LogP contribution in [0, 0.1) is 0 Å². The van der Waals surface area contributed by atoms with Gasteiger partial charge in [0.05, 0.1) is 24.3 Å². The van der Waals surface area contributed by atoms with Crippen molar-refractivity contribution < 1.29 is 34.0 Å². The molecule has 0 aliphatic carbocycles. The van der Waals surface area contributed by atoms with Gasteiger partial charge in [0.1, 0.15) is 16.4 Å². The van der Waals surface area contributed by atoms with Crippen LogP contribution in [0.3, 0.4) is 0 Å². The van der Waals surface area contributed by atoms with Gasteiger partial charge in [-0.05, 0) is 54.8 Å². The van der Waals surface area contributed by atoms with Gasteiger partial charge in [-0.3, -0.25) is 0 Å². The summed E-state index contributed by atoms with van der Waals surface area (Å²) in [4.78, 5) is 28.3. The van der Waals surface area contributed by atoms with Crippen LogP contribution in [0.5, 0.6) is 11.5 Å². The highest BCUT2D eigenvalue weighted by Gasteiger charge is 2.33. The molecule has 2 aromatic rings. The lowest BCUT2D eigenvalue weighted by atomic mass is 10.1. The van der Waals surface area contributed by atoms with Gasteiger partial charge in [-0.15, -0.1) is 0 Å². The summed E-state index contributed by atoms with van der Waals surface area (Å²) in [6.07, 6.45) is 2.57. The van der Waals surface area contributed by atoms with Gasteiger partial charge in [-0.2, -0.15) is 0 Å². The number of aliphatic imine (C=N–C) groups is 1. The van der Waals surface area contributed by atoms with E-state index < -0.39 is 18.5 Å². The smallest absolute Gasteiger partial charge is 0.344 e. The summed E-state index contributed by atoms with van der Waals surface area (Å²) in [5.74, 6) is -1.38. The molecule has 3 rings (SSSR count). The van der Waals surface area contributed by atoms with Crippen molar-refractivity contribution in [3.8, 4) is 11.5 Å². The van der Waals surface area contributed by atoms with Gasteiger partial charge in [-0.1, -0.05) is 36.9 Å². The molecule has 1 aliphatic heterocycles. The number of esters is 1. The second-order valence-electron chi connectivity index (χ2n) is 7.08. The number of rotatable bonds is 9. The van der Waals surface area contributed by atoms with E-state index in [9.17, 15) is 14.7 Å². The number of ether oxygens (including phenoxy) is 3. The Labute approximate surface area is 201 Å². The number of aliphatic hydroxyl groups is 1. The monoisotopic (exact) mass is 483 g/mol. The van der Waals surface area contributed by atoms with Crippen LogP contribution in [-0.4, -0.2) is 47.5 Å². The van der Waals surface area contributed by atoms with Gasteiger partial charge in [0.25, 0.3) is 0 Å². The number of carboxylic acid groups (broad SMARTS) is 1. The number of hydrogen-bond acceptors (Lipinski definition) is 8. The number of nitrogens with zero attached hydrogens (tertiary/aromatic N) is 1. The minimum Gasteiger partial charge on any atom is -0.506 e. The van der Waals surface area contributed by atoms with Crippen LogP contribution >= 0.6 is 11.8 Å². The van der Waals surface area contributed by atoms with Crippen LogP contribution in [0.15, 0.2) is 63.7 Å². The number of carbonyl (C=O) groups is 2. The molecule has 178 valence electrons. The van der Waals surface area contributed by atoms with Gasteiger partial charge >= 0.3 is 11.9 Å². The van der Waals surface area contributed by atoms with E-state index in [2.05, 4.69) is 11.9 Å². The van der Waals surface area contributed by atoms with E-state index in [0.29, 0.717) is 26.9 Å². The Hall–Kier alpha value is -3.72. The molecule has 0 unspecified atom stereocenters. The summed E-state index contributed by atoms with van der Waals surface area (Å²) in [5, 5.41) is 20.0. The zero-order valence-corrected chi connectivity index (χ0v) is 19.8. The molecule has 0 amide bonds. The minimum absolute atomic E-state index is 0.00560. The molecule has 0 radical (unpaired) electrons. The van der Waals surface area contributed by atoms with Crippen LogP contribution in [0.4, 0.5) is 5.69 Å². The predicted molar refractivity (Wildman–Crippen MR) is 131 cm³/mol. The maximum atomic E-state index is 12.6. The first-order valence-corrected chi connectivity index (χ1v) is 11.4. The zero-order chi connectivity index (χ0) is 24.7. The molecule has 0 saturated carbocycles. The normalized spacial score (nSPS) is 15.6. The Morgan fingerprint density at radius 2 is 1.82 bits per heavy atom. The number of carboxylic acids is 1. The van der Waals surface area contributed by atoms with Crippen LogP contribution in [0.2, 0.25) is 0 Å². The lowest BCUT2D eigenvalue weighted by molar-refractivity contribution is -0.139. The number of aliphatic carboxylic acids is 1. The molecule has 0 fully saturated rings. The summed E-state index contributed by atoms with van der Waals surface area (Å²) in [6.45, 7) is 3.41. The van der Waals surface area contributed by atoms with Crippen molar-refractivity contribution in [3.05, 3.63) is 69.8 Å². The molecular formula is C25H25NO7S. The van der Waals surface area contributed by atoms with E-state index in [1.165, 1.54) is 7.11 Å². The Morgan fingerprint density at radius 1 is 1.09 bits per heavy atom. The van der Waals surface area contributed by atoms with Crippen LogP contribution in [-0.2, 0) is 20.7 Å². The maximum Gasteiger partial charge on any atom is 0.344 e.